The van der Waals surface area contributed by atoms with Crippen LogP contribution in [0.5, 0.6) is 0 Å². The summed E-state index contributed by atoms with van der Waals surface area (Å²) in [5, 5.41) is 10.2. The fourth-order valence-electron chi connectivity index (χ4n) is 10.4. The Labute approximate surface area is 416 Å². The summed E-state index contributed by atoms with van der Waals surface area (Å²) in [6.07, 6.45) is 10.3. The smallest absolute Gasteiger partial charge is 0.217 e. The fourth-order valence-corrected chi connectivity index (χ4v) is 12.4. The Balaban J connectivity index is 0.000000170. The first-order valence-corrected chi connectivity index (χ1v) is 26.3. The summed E-state index contributed by atoms with van der Waals surface area (Å²) in [6.45, 7) is 14.3. The molecule has 4 aromatic heterocycles. The third-order valence-corrected chi connectivity index (χ3v) is 16.6. The molecule has 21 heteroatoms. The Morgan fingerprint density at radius 1 is 0.569 bits per heavy atom. The van der Waals surface area contributed by atoms with Crippen molar-refractivity contribution in [3.8, 4) is 0 Å². The van der Waals surface area contributed by atoms with Crippen molar-refractivity contribution < 1.29 is 35.5 Å². The van der Waals surface area contributed by atoms with Gasteiger partial charge in [0.2, 0.25) is 10.0 Å². The number of sulfonamides is 1. The molecule has 1 saturated carbocycles. The summed E-state index contributed by atoms with van der Waals surface area (Å²) < 4.78 is 97.3. The standard InChI is InChI=1S/C28H34F2N6O3S.C23H26F2N6O/c1-19-27(32-21-16-22(18-31-17-21)34-10-12-39-13-11-34)26-24(30)14-20(29)15-25(26)33-28(19)35-6-8-36(9-7-35)40(37,38)23-4-2-3-5-23;1-15-22(28-17-12-18(14-27-13-17)30-6-8-32-9-7-30)21-19(25)10-16(24)11-20(21)29-23(15)31-4-2-26-3-5-31/h14-18,23H,2-13H2,1H3,(H,32,33);10-14,26H,2-9H2,1H3,(H,28,29). The lowest BCUT2D eigenvalue weighted by molar-refractivity contribution is 0.122. The van der Waals surface area contributed by atoms with E-state index in [1.807, 2.05) is 37.1 Å². The molecule has 8 heterocycles. The molecule has 0 spiro atoms. The van der Waals surface area contributed by atoms with Gasteiger partial charge in [0.05, 0.1) is 112 Å². The summed E-state index contributed by atoms with van der Waals surface area (Å²) in [6, 6.07) is 8.24. The number of aromatic nitrogens is 4. The van der Waals surface area contributed by atoms with Crippen LogP contribution in [0.3, 0.4) is 0 Å². The maximum atomic E-state index is 15.2. The van der Waals surface area contributed by atoms with Crippen molar-refractivity contribution in [2.24, 2.45) is 0 Å². The van der Waals surface area contributed by atoms with E-state index >= 15 is 4.39 Å². The van der Waals surface area contributed by atoms with E-state index in [1.54, 1.807) is 22.9 Å². The monoisotopic (exact) mass is 1010 g/mol. The van der Waals surface area contributed by atoms with Crippen LogP contribution in [0.25, 0.3) is 21.8 Å². The van der Waals surface area contributed by atoms with Gasteiger partial charge in [-0.05, 0) is 38.8 Å². The molecule has 0 bridgehead atoms. The second-order valence-electron chi connectivity index (χ2n) is 18.8. The van der Waals surface area contributed by atoms with Gasteiger partial charge in [-0.2, -0.15) is 4.31 Å². The molecular weight excluding hydrogens is 953 g/mol. The quantitative estimate of drug-likeness (QED) is 0.117. The van der Waals surface area contributed by atoms with Crippen LogP contribution in [0.1, 0.15) is 36.8 Å². The molecule has 0 atom stereocenters. The number of rotatable bonds is 10. The first kappa shape index (κ1) is 49.4. The molecular formula is C51H60F4N12O4S. The van der Waals surface area contributed by atoms with E-state index in [9.17, 15) is 21.6 Å². The van der Waals surface area contributed by atoms with Crippen molar-refractivity contribution in [1.29, 1.82) is 0 Å². The molecule has 0 amide bonds. The number of nitrogens with zero attached hydrogens (tertiary/aromatic N) is 9. The van der Waals surface area contributed by atoms with E-state index in [2.05, 4.69) is 50.6 Å². The van der Waals surface area contributed by atoms with Gasteiger partial charge < -0.3 is 45.0 Å². The van der Waals surface area contributed by atoms with Crippen molar-refractivity contribution in [2.45, 2.75) is 44.8 Å². The van der Waals surface area contributed by atoms with Gasteiger partial charge in [-0.15, -0.1) is 0 Å². The molecule has 16 nitrogen and oxygen atoms in total. The molecule has 6 aromatic rings. The summed E-state index contributed by atoms with van der Waals surface area (Å²) >= 11 is 0. The van der Waals surface area contributed by atoms with Crippen molar-refractivity contribution in [3.63, 3.8) is 0 Å². The second kappa shape index (κ2) is 21.5. The summed E-state index contributed by atoms with van der Waals surface area (Å²) in [4.78, 5) is 26.7. The van der Waals surface area contributed by atoms with Crippen molar-refractivity contribution >= 4 is 77.6 Å². The lowest BCUT2D eigenvalue weighted by atomic mass is 10.1. The molecule has 4 aliphatic heterocycles. The Kier molecular flexibility index (Phi) is 14.8. The first-order chi connectivity index (χ1) is 34.9. The van der Waals surface area contributed by atoms with Gasteiger partial charge in [0, 0.05) is 114 Å². The maximum Gasteiger partial charge on any atom is 0.217 e. The highest BCUT2D eigenvalue weighted by molar-refractivity contribution is 7.89. The number of morpholine rings is 2. The van der Waals surface area contributed by atoms with Crippen LogP contribution in [0.15, 0.2) is 61.2 Å². The van der Waals surface area contributed by atoms with E-state index in [-0.39, 0.29) is 21.5 Å². The number of benzene rings is 2. The number of hydrogen-bond donors (Lipinski definition) is 3. The minimum Gasteiger partial charge on any atom is -0.378 e. The van der Waals surface area contributed by atoms with Crippen LogP contribution in [0.2, 0.25) is 0 Å². The van der Waals surface area contributed by atoms with Crippen molar-refractivity contribution in [3.05, 3.63) is 95.6 Å². The van der Waals surface area contributed by atoms with Crippen LogP contribution >= 0.6 is 0 Å². The fraction of sp³-hybridized carbons (Fsp3) is 0.451. The number of anilines is 8. The lowest BCUT2D eigenvalue weighted by Crippen LogP contribution is -2.51. The Morgan fingerprint density at radius 3 is 1.47 bits per heavy atom. The molecule has 5 aliphatic rings. The number of piperazine rings is 2. The first-order valence-electron chi connectivity index (χ1n) is 24.8. The summed E-state index contributed by atoms with van der Waals surface area (Å²) in [5.41, 5.74) is 6.38. The highest BCUT2D eigenvalue weighted by Gasteiger charge is 2.36. The maximum absolute atomic E-state index is 15.2. The second-order valence-corrected chi connectivity index (χ2v) is 21.0. The number of nitrogens with one attached hydrogen (secondary N) is 3. The molecule has 5 fully saturated rings. The topological polar surface area (TPSA) is 156 Å². The van der Waals surface area contributed by atoms with Crippen LogP contribution in [0, 0.1) is 37.1 Å². The number of halogens is 4. The normalized spacial score (nSPS) is 18.4. The van der Waals surface area contributed by atoms with Gasteiger partial charge in [-0.3, -0.25) is 9.97 Å². The third-order valence-electron chi connectivity index (χ3n) is 14.2. The highest BCUT2D eigenvalue weighted by atomic mass is 32.2. The van der Waals surface area contributed by atoms with Gasteiger partial charge in [0.25, 0.3) is 0 Å². The Bertz CT molecular complexity index is 3030. The zero-order valence-corrected chi connectivity index (χ0v) is 41.4. The summed E-state index contributed by atoms with van der Waals surface area (Å²) in [5.74, 6) is -1.37. The number of pyridine rings is 4. The highest BCUT2D eigenvalue weighted by Crippen LogP contribution is 2.40. The molecule has 4 saturated heterocycles. The molecule has 1 aliphatic carbocycles. The van der Waals surface area contributed by atoms with Gasteiger partial charge in [-0.1, -0.05) is 12.8 Å². The third kappa shape index (κ3) is 10.5. The van der Waals surface area contributed by atoms with Crippen LogP contribution < -0.4 is 35.6 Å². The summed E-state index contributed by atoms with van der Waals surface area (Å²) in [7, 11) is -3.33. The van der Waals surface area contributed by atoms with Crippen LogP contribution in [0.4, 0.5) is 63.3 Å². The van der Waals surface area contributed by atoms with E-state index < -0.39 is 33.3 Å². The number of fused-ring (bicyclic) bond motifs is 2. The molecule has 382 valence electrons. The van der Waals surface area contributed by atoms with Gasteiger partial charge in [0.15, 0.2) is 0 Å². The minimum absolute atomic E-state index is 0.193. The molecule has 72 heavy (non-hydrogen) atoms. The molecule has 0 radical (unpaired) electrons. The van der Waals surface area contributed by atoms with Gasteiger partial charge >= 0.3 is 0 Å². The Morgan fingerprint density at radius 2 is 1.01 bits per heavy atom. The van der Waals surface area contributed by atoms with E-state index in [0.29, 0.717) is 86.6 Å². The number of hydrogen-bond acceptors (Lipinski definition) is 15. The van der Waals surface area contributed by atoms with Crippen LogP contribution in [-0.4, -0.2) is 143 Å². The largest absolute Gasteiger partial charge is 0.378 e. The van der Waals surface area contributed by atoms with Crippen molar-refractivity contribution in [1.82, 2.24) is 29.6 Å². The Hall–Kier alpha value is -6.13. The van der Waals surface area contributed by atoms with Gasteiger partial charge in [-0.25, -0.2) is 35.9 Å². The average molecular weight is 1010 g/mol. The van der Waals surface area contributed by atoms with E-state index in [0.717, 1.165) is 119 Å². The van der Waals surface area contributed by atoms with E-state index in [4.69, 9.17) is 9.47 Å². The zero-order chi connectivity index (χ0) is 49.9. The van der Waals surface area contributed by atoms with Crippen molar-refractivity contribution in [2.75, 3.05) is 135 Å². The SMILES string of the molecule is Cc1c(N2CCN(S(=O)(=O)C3CCCC3)CC2)nc2cc(F)cc(F)c2c1Nc1cncc(N2CCOCC2)c1.Cc1c(N2CCNCC2)nc2cc(F)cc(F)c2c1Nc1cncc(N2CCOCC2)c1. The molecule has 11 rings (SSSR count). The van der Waals surface area contributed by atoms with Crippen LogP contribution in [-0.2, 0) is 19.5 Å². The van der Waals surface area contributed by atoms with Gasteiger partial charge in [0.1, 0.15) is 34.9 Å². The number of ether oxygens (including phenoxy) is 2. The predicted octanol–water partition coefficient (Wildman–Crippen LogP) is 7.40. The zero-order valence-electron chi connectivity index (χ0n) is 40.6. The average Bonchev–Trinajstić information content (AvgIpc) is 3.96. The predicted molar refractivity (Wildman–Crippen MR) is 274 cm³/mol. The lowest BCUT2D eigenvalue weighted by Gasteiger charge is -2.37. The molecule has 0 unspecified atom stereocenters. The molecule has 3 N–H and O–H groups in total. The molecule has 2 aromatic carbocycles. The minimum atomic E-state index is -3.33. The van der Waals surface area contributed by atoms with E-state index in [1.165, 1.54) is 12.1 Å².